The average Bonchev–Trinajstić information content (AvgIpc) is 2.54. The lowest BCUT2D eigenvalue weighted by Crippen LogP contribution is -2.42. The van der Waals surface area contributed by atoms with E-state index >= 15 is 0 Å². The molecule has 23 heavy (non-hydrogen) atoms. The molecule has 2 rings (SSSR count). The third-order valence-corrected chi connectivity index (χ3v) is 4.01. The number of aliphatic hydroxyl groups excluding tert-OH is 1. The van der Waals surface area contributed by atoms with E-state index < -0.39 is 11.7 Å². The Morgan fingerprint density at radius 3 is 1.87 bits per heavy atom. The van der Waals surface area contributed by atoms with E-state index in [1.54, 1.807) is 13.8 Å². The van der Waals surface area contributed by atoms with Gasteiger partial charge in [-0.15, -0.1) is 0 Å². The van der Waals surface area contributed by atoms with Crippen molar-refractivity contribution in [2.75, 3.05) is 13.1 Å². The first-order valence-corrected chi connectivity index (χ1v) is 8.11. The minimum Gasteiger partial charge on any atom is -0.389 e. The second kappa shape index (κ2) is 7.73. The lowest BCUT2D eigenvalue weighted by Gasteiger charge is -2.35. The van der Waals surface area contributed by atoms with Crippen LogP contribution in [0.1, 0.15) is 44.0 Å². The second-order valence-corrected chi connectivity index (χ2v) is 6.76. The first-order valence-electron chi connectivity index (χ1n) is 8.11. The molecule has 3 nitrogen and oxygen atoms in total. The summed E-state index contributed by atoms with van der Waals surface area (Å²) in [4.78, 5) is 2.13. The fourth-order valence-corrected chi connectivity index (χ4v) is 2.80. The van der Waals surface area contributed by atoms with Gasteiger partial charge in [0.25, 0.3) is 0 Å². The highest BCUT2D eigenvalue weighted by atomic mass is 16.3. The Hall–Kier alpha value is -1.68. The van der Waals surface area contributed by atoms with Gasteiger partial charge in [-0.1, -0.05) is 60.7 Å². The van der Waals surface area contributed by atoms with Gasteiger partial charge < -0.3 is 10.2 Å². The van der Waals surface area contributed by atoms with Crippen LogP contribution in [-0.4, -0.2) is 33.8 Å². The predicted octanol–water partition coefficient (Wildman–Crippen LogP) is 3.55. The minimum atomic E-state index is -0.820. The Morgan fingerprint density at radius 2 is 1.39 bits per heavy atom. The highest BCUT2D eigenvalue weighted by molar-refractivity contribution is 5.20. The summed E-state index contributed by atoms with van der Waals surface area (Å²) in [5.74, 6) is 0. The minimum absolute atomic E-state index is 0.112. The molecule has 2 atom stereocenters. The van der Waals surface area contributed by atoms with Gasteiger partial charge in [-0.2, -0.15) is 0 Å². The maximum absolute atomic E-state index is 10.6. The smallest absolute Gasteiger partial charge is 0.0917 e. The molecule has 2 aromatic carbocycles. The molecule has 0 fully saturated rings. The van der Waals surface area contributed by atoms with E-state index in [-0.39, 0.29) is 6.04 Å². The Kier molecular flexibility index (Phi) is 5.94. The van der Waals surface area contributed by atoms with E-state index in [2.05, 4.69) is 24.0 Å². The fourth-order valence-electron chi connectivity index (χ4n) is 2.80. The molecule has 0 saturated heterocycles. The molecule has 0 amide bonds. The van der Waals surface area contributed by atoms with Crippen molar-refractivity contribution in [2.24, 2.45) is 0 Å². The van der Waals surface area contributed by atoms with Crippen LogP contribution in [0.4, 0.5) is 0 Å². The molecule has 0 aliphatic heterocycles. The lowest BCUT2D eigenvalue weighted by atomic mass is 10.0. The summed E-state index contributed by atoms with van der Waals surface area (Å²) in [6.07, 6.45) is -0.579. The van der Waals surface area contributed by atoms with Gasteiger partial charge in [0.05, 0.1) is 11.7 Å². The second-order valence-electron chi connectivity index (χ2n) is 6.76. The maximum atomic E-state index is 10.6. The van der Waals surface area contributed by atoms with E-state index in [0.29, 0.717) is 13.1 Å². The van der Waals surface area contributed by atoms with Crippen LogP contribution in [0, 0.1) is 0 Å². The molecule has 124 valence electrons. The number of nitrogens with zero attached hydrogens (tertiary/aromatic N) is 1. The standard InChI is InChI=1S/C20H27NO2/c1-16(17-10-6-4-7-11-17)21(15-20(2,3)23)14-19(22)18-12-8-5-9-13-18/h4-13,16,19,22-23H,14-15H2,1-3H3/t16-,19+/m0/s1. The largest absolute Gasteiger partial charge is 0.389 e. The van der Waals surface area contributed by atoms with Crippen LogP contribution in [-0.2, 0) is 0 Å². The van der Waals surface area contributed by atoms with Crippen molar-refractivity contribution >= 4 is 0 Å². The molecule has 0 bridgehead atoms. The average molecular weight is 313 g/mol. The molecular formula is C20H27NO2. The summed E-state index contributed by atoms with van der Waals surface area (Å²) < 4.78 is 0. The van der Waals surface area contributed by atoms with Gasteiger partial charge in [0.2, 0.25) is 0 Å². The van der Waals surface area contributed by atoms with Gasteiger partial charge >= 0.3 is 0 Å². The van der Waals surface area contributed by atoms with Crippen LogP contribution in [0.25, 0.3) is 0 Å². The number of benzene rings is 2. The van der Waals surface area contributed by atoms with Crippen molar-refractivity contribution in [3.63, 3.8) is 0 Å². The number of aliphatic hydroxyl groups is 2. The zero-order chi connectivity index (χ0) is 16.9. The molecule has 0 heterocycles. The Labute approximate surface area is 139 Å². The number of hydrogen-bond acceptors (Lipinski definition) is 3. The third kappa shape index (κ3) is 5.47. The van der Waals surface area contributed by atoms with E-state index in [1.165, 1.54) is 5.56 Å². The summed E-state index contributed by atoms with van der Waals surface area (Å²) in [5.41, 5.74) is 1.25. The predicted molar refractivity (Wildman–Crippen MR) is 94.1 cm³/mol. The summed E-state index contributed by atoms with van der Waals surface area (Å²) in [6.45, 7) is 6.68. The SMILES string of the molecule is C[C@@H](c1ccccc1)N(C[C@@H](O)c1ccccc1)CC(C)(C)O. The molecule has 0 radical (unpaired) electrons. The van der Waals surface area contributed by atoms with Crippen LogP contribution < -0.4 is 0 Å². The van der Waals surface area contributed by atoms with E-state index in [0.717, 1.165) is 5.56 Å². The topological polar surface area (TPSA) is 43.7 Å². The molecule has 0 saturated carbocycles. The Bertz CT molecular complexity index is 578. The van der Waals surface area contributed by atoms with Gasteiger partial charge in [-0.25, -0.2) is 0 Å². The highest BCUT2D eigenvalue weighted by Crippen LogP contribution is 2.25. The summed E-state index contributed by atoms with van der Waals surface area (Å²) in [5, 5.41) is 20.8. The first kappa shape index (κ1) is 17.7. The molecule has 2 N–H and O–H groups in total. The van der Waals surface area contributed by atoms with Crippen LogP contribution in [0.15, 0.2) is 60.7 Å². The van der Waals surface area contributed by atoms with Gasteiger partial charge in [-0.05, 0) is 31.9 Å². The van der Waals surface area contributed by atoms with Crippen molar-refractivity contribution in [3.8, 4) is 0 Å². The first-order chi connectivity index (χ1) is 10.9. The molecule has 0 aliphatic rings. The molecular weight excluding hydrogens is 286 g/mol. The third-order valence-electron chi connectivity index (χ3n) is 4.01. The van der Waals surface area contributed by atoms with Gasteiger partial charge in [0.15, 0.2) is 0 Å². The Morgan fingerprint density at radius 1 is 0.913 bits per heavy atom. The highest BCUT2D eigenvalue weighted by Gasteiger charge is 2.25. The summed E-state index contributed by atoms with van der Waals surface area (Å²) >= 11 is 0. The zero-order valence-electron chi connectivity index (χ0n) is 14.2. The van der Waals surface area contributed by atoms with E-state index in [1.807, 2.05) is 48.5 Å². The summed E-state index contributed by atoms with van der Waals surface area (Å²) in [6, 6.07) is 20.0. The quantitative estimate of drug-likeness (QED) is 0.821. The van der Waals surface area contributed by atoms with Crippen molar-refractivity contribution in [2.45, 2.75) is 38.5 Å². The molecule has 2 aromatic rings. The number of hydrogen-bond donors (Lipinski definition) is 2. The maximum Gasteiger partial charge on any atom is 0.0917 e. The van der Waals surface area contributed by atoms with Crippen LogP contribution >= 0.6 is 0 Å². The molecule has 0 aliphatic carbocycles. The van der Waals surface area contributed by atoms with Gasteiger partial charge in [0, 0.05) is 19.1 Å². The van der Waals surface area contributed by atoms with Crippen molar-refractivity contribution in [3.05, 3.63) is 71.8 Å². The van der Waals surface area contributed by atoms with Crippen LogP contribution in [0.3, 0.4) is 0 Å². The van der Waals surface area contributed by atoms with Crippen molar-refractivity contribution < 1.29 is 10.2 Å². The fraction of sp³-hybridized carbons (Fsp3) is 0.400. The zero-order valence-corrected chi connectivity index (χ0v) is 14.2. The molecule has 0 aromatic heterocycles. The van der Waals surface area contributed by atoms with E-state index in [4.69, 9.17) is 0 Å². The van der Waals surface area contributed by atoms with Gasteiger partial charge in [0.1, 0.15) is 0 Å². The number of rotatable bonds is 7. The Balaban J connectivity index is 2.17. The van der Waals surface area contributed by atoms with Crippen LogP contribution in [0.2, 0.25) is 0 Å². The summed E-state index contributed by atoms with van der Waals surface area (Å²) in [7, 11) is 0. The monoisotopic (exact) mass is 313 g/mol. The van der Waals surface area contributed by atoms with Crippen LogP contribution in [0.5, 0.6) is 0 Å². The normalized spacial score (nSPS) is 14.7. The van der Waals surface area contributed by atoms with Crippen molar-refractivity contribution in [1.29, 1.82) is 0 Å². The lowest BCUT2D eigenvalue weighted by molar-refractivity contribution is 0.00290. The molecule has 3 heteroatoms. The van der Waals surface area contributed by atoms with Gasteiger partial charge in [-0.3, -0.25) is 4.90 Å². The van der Waals surface area contributed by atoms with E-state index in [9.17, 15) is 10.2 Å². The molecule has 0 unspecified atom stereocenters. The van der Waals surface area contributed by atoms with Crippen molar-refractivity contribution in [1.82, 2.24) is 4.90 Å². The molecule has 0 spiro atoms.